The predicted octanol–water partition coefficient (Wildman–Crippen LogP) is 2.37. The van der Waals surface area contributed by atoms with Gasteiger partial charge in [0.1, 0.15) is 18.0 Å². The monoisotopic (exact) mass is 391 g/mol. The zero-order chi connectivity index (χ0) is 16.9. The van der Waals surface area contributed by atoms with E-state index in [1.54, 1.807) is 19.1 Å². The Labute approximate surface area is 152 Å². The predicted molar refractivity (Wildman–Crippen MR) is 100 cm³/mol. The largest absolute Gasteiger partial charge is 0.496 e. The first-order valence-corrected chi connectivity index (χ1v) is 9.04. The molecule has 0 radical (unpaired) electrons. The second-order valence-corrected chi connectivity index (χ2v) is 6.90. The van der Waals surface area contributed by atoms with Crippen LogP contribution >= 0.6 is 15.9 Å². The number of hydrogen-bond acceptors (Lipinski definition) is 3. The van der Waals surface area contributed by atoms with E-state index >= 15 is 0 Å². The summed E-state index contributed by atoms with van der Waals surface area (Å²) in [5.74, 6) is 1.70. The standard InChI is InChI=1S/C19H23BrN2O2/c1-23-18-13-19(24-2)17(20)12-15(18)14-21-8-10-22(11-9-21)16-6-4-3-5-7-16/h3-7,12-13H,8-11,14H2,1-2H3/p+1. The Kier molecular flexibility index (Phi) is 5.63. The highest BCUT2D eigenvalue weighted by Crippen LogP contribution is 2.32. The van der Waals surface area contributed by atoms with Crippen molar-refractivity contribution in [2.75, 3.05) is 45.3 Å². The Bertz CT molecular complexity index is 671. The van der Waals surface area contributed by atoms with Gasteiger partial charge in [-0.3, -0.25) is 0 Å². The summed E-state index contributed by atoms with van der Waals surface area (Å²) in [4.78, 5) is 4.04. The molecule has 24 heavy (non-hydrogen) atoms. The summed E-state index contributed by atoms with van der Waals surface area (Å²) in [5.41, 5.74) is 2.54. The second kappa shape index (κ2) is 7.90. The molecule has 0 atom stereocenters. The van der Waals surface area contributed by atoms with E-state index in [0.717, 1.165) is 48.7 Å². The molecule has 0 bridgehead atoms. The quantitative estimate of drug-likeness (QED) is 0.847. The van der Waals surface area contributed by atoms with Crippen LogP contribution in [0.3, 0.4) is 0 Å². The molecule has 4 nitrogen and oxygen atoms in total. The first kappa shape index (κ1) is 17.1. The number of para-hydroxylation sites is 1. The summed E-state index contributed by atoms with van der Waals surface area (Å²) >= 11 is 3.58. The smallest absolute Gasteiger partial charge is 0.136 e. The number of piperazine rings is 1. The van der Waals surface area contributed by atoms with E-state index in [2.05, 4.69) is 57.2 Å². The van der Waals surface area contributed by atoms with Crippen LogP contribution in [0.5, 0.6) is 11.5 Å². The SMILES string of the molecule is COc1cc(OC)c(C[NH+]2CCN(c3ccccc3)CC2)cc1Br. The Morgan fingerprint density at radius 2 is 1.67 bits per heavy atom. The lowest BCUT2D eigenvalue weighted by molar-refractivity contribution is -0.914. The van der Waals surface area contributed by atoms with Gasteiger partial charge in [-0.1, -0.05) is 18.2 Å². The number of methoxy groups -OCH3 is 2. The van der Waals surface area contributed by atoms with Gasteiger partial charge in [-0.15, -0.1) is 0 Å². The van der Waals surface area contributed by atoms with Crippen molar-refractivity contribution in [2.45, 2.75) is 6.54 Å². The van der Waals surface area contributed by atoms with Crippen molar-refractivity contribution < 1.29 is 14.4 Å². The van der Waals surface area contributed by atoms with Crippen molar-refractivity contribution in [3.63, 3.8) is 0 Å². The fraction of sp³-hybridized carbons (Fsp3) is 0.368. The zero-order valence-electron chi connectivity index (χ0n) is 14.2. The topological polar surface area (TPSA) is 26.1 Å². The highest BCUT2D eigenvalue weighted by molar-refractivity contribution is 9.10. The first-order chi connectivity index (χ1) is 11.7. The van der Waals surface area contributed by atoms with Gasteiger partial charge in [0.2, 0.25) is 0 Å². The molecule has 0 amide bonds. The van der Waals surface area contributed by atoms with Gasteiger partial charge in [0.15, 0.2) is 0 Å². The molecule has 1 saturated heterocycles. The van der Waals surface area contributed by atoms with Gasteiger partial charge in [-0.25, -0.2) is 0 Å². The lowest BCUT2D eigenvalue weighted by Gasteiger charge is -2.34. The molecule has 0 unspecified atom stereocenters. The molecule has 2 aromatic carbocycles. The minimum Gasteiger partial charge on any atom is -0.496 e. The molecule has 1 heterocycles. The number of halogens is 1. The third kappa shape index (κ3) is 3.84. The number of rotatable bonds is 5. The maximum Gasteiger partial charge on any atom is 0.136 e. The molecule has 1 fully saturated rings. The van der Waals surface area contributed by atoms with E-state index < -0.39 is 0 Å². The van der Waals surface area contributed by atoms with E-state index in [4.69, 9.17) is 9.47 Å². The molecule has 1 aliphatic rings. The van der Waals surface area contributed by atoms with Gasteiger partial charge in [-0.05, 0) is 34.1 Å². The van der Waals surface area contributed by atoms with Crippen LogP contribution in [-0.2, 0) is 6.54 Å². The summed E-state index contributed by atoms with van der Waals surface area (Å²) in [7, 11) is 3.39. The summed E-state index contributed by atoms with van der Waals surface area (Å²) in [6.45, 7) is 5.38. The molecular formula is C19H24BrN2O2+. The molecule has 3 rings (SSSR count). The molecule has 0 aliphatic carbocycles. The highest BCUT2D eigenvalue weighted by atomic mass is 79.9. The molecule has 2 aromatic rings. The molecule has 0 aromatic heterocycles. The lowest BCUT2D eigenvalue weighted by atomic mass is 10.1. The third-order valence-electron chi connectivity index (χ3n) is 4.59. The minimum atomic E-state index is 0.805. The fourth-order valence-electron chi connectivity index (χ4n) is 3.23. The van der Waals surface area contributed by atoms with Crippen molar-refractivity contribution >= 4 is 21.6 Å². The van der Waals surface area contributed by atoms with Crippen molar-refractivity contribution in [2.24, 2.45) is 0 Å². The van der Waals surface area contributed by atoms with E-state index in [0.29, 0.717) is 0 Å². The van der Waals surface area contributed by atoms with Gasteiger partial charge in [-0.2, -0.15) is 0 Å². The second-order valence-electron chi connectivity index (χ2n) is 6.05. The van der Waals surface area contributed by atoms with Crippen LogP contribution in [0, 0.1) is 0 Å². The van der Waals surface area contributed by atoms with Gasteiger partial charge in [0.05, 0.1) is 44.9 Å². The van der Waals surface area contributed by atoms with Crippen LogP contribution in [0.4, 0.5) is 5.69 Å². The van der Waals surface area contributed by atoms with Crippen molar-refractivity contribution in [3.8, 4) is 11.5 Å². The van der Waals surface area contributed by atoms with E-state index in [-0.39, 0.29) is 0 Å². The maximum atomic E-state index is 5.55. The maximum absolute atomic E-state index is 5.55. The number of anilines is 1. The average molecular weight is 392 g/mol. The molecule has 0 saturated carbocycles. The third-order valence-corrected chi connectivity index (χ3v) is 5.21. The van der Waals surface area contributed by atoms with Gasteiger partial charge >= 0.3 is 0 Å². The van der Waals surface area contributed by atoms with Crippen LogP contribution in [0.15, 0.2) is 46.9 Å². The van der Waals surface area contributed by atoms with Crippen LogP contribution in [-0.4, -0.2) is 40.4 Å². The van der Waals surface area contributed by atoms with Crippen molar-refractivity contribution in [3.05, 3.63) is 52.5 Å². The highest BCUT2D eigenvalue weighted by Gasteiger charge is 2.22. The lowest BCUT2D eigenvalue weighted by Crippen LogP contribution is -3.13. The van der Waals surface area contributed by atoms with Gasteiger partial charge in [0.25, 0.3) is 0 Å². The van der Waals surface area contributed by atoms with Crippen molar-refractivity contribution in [1.82, 2.24) is 0 Å². The zero-order valence-corrected chi connectivity index (χ0v) is 15.8. The molecule has 5 heteroatoms. The summed E-state index contributed by atoms with van der Waals surface area (Å²) in [6.07, 6.45) is 0. The molecule has 128 valence electrons. The Hall–Kier alpha value is -1.72. The number of nitrogens with zero attached hydrogens (tertiary/aromatic N) is 1. The van der Waals surface area contributed by atoms with E-state index in [1.165, 1.54) is 11.3 Å². The van der Waals surface area contributed by atoms with Gasteiger partial charge in [0, 0.05) is 17.3 Å². The van der Waals surface area contributed by atoms with Crippen LogP contribution in [0.25, 0.3) is 0 Å². The number of ether oxygens (including phenoxy) is 2. The van der Waals surface area contributed by atoms with Crippen LogP contribution < -0.4 is 19.3 Å². The number of hydrogen-bond donors (Lipinski definition) is 1. The fourth-order valence-corrected chi connectivity index (χ4v) is 3.78. The molecular weight excluding hydrogens is 368 g/mol. The van der Waals surface area contributed by atoms with Crippen LogP contribution in [0.2, 0.25) is 0 Å². The number of nitrogens with one attached hydrogen (secondary N) is 1. The summed E-state index contributed by atoms with van der Waals surface area (Å²) in [5, 5.41) is 0. The van der Waals surface area contributed by atoms with E-state index in [9.17, 15) is 0 Å². The molecule has 1 aliphatic heterocycles. The van der Waals surface area contributed by atoms with Crippen LogP contribution in [0.1, 0.15) is 5.56 Å². The Morgan fingerprint density at radius 3 is 2.29 bits per heavy atom. The first-order valence-electron chi connectivity index (χ1n) is 8.25. The Balaban J connectivity index is 1.65. The van der Waals surface area contributed by atoms with Crippen molar-refractivity contribution in [1.29, 1.82) is 0 Å². The van der Waals surface area contributed by atoms with E-state index in [1.807, 2.05) is 6.07 Å². The summed E-state index contributed by atoms with van der Waals surface area (Å²) in [6, 6.07) is 14.7. The number of quaternary nitrogens is 1. The summed E-state index contributed by atoms with van der Waals surface area (Å²) < 4.78 is 11.9. The minimum absolute atomic E-state index is 0.805. The number of benzene rings is 2. The van der Waals surface area contributed by atoms with Gasteiger partial charge < -0.3 is 19.3 Å². The average Bonchev–Trinajstić information content (AvgIpc) is 2.63. The Morgan fingerprint density at radius 1 is 1.00 bits per heavy atom. The molecule has 0 spiro atoms. The molecule has 1 N–H and O–H groups in total. The normalized spacial score (nSPS) is 15.4.